The molecule has 98 valence electrons. The van der Waals surface area contributed by atoms with E-state index in [4.69, 9.17) is 4.74 Å². The first-order valence-corrected chi connectivity index (χ1v) is 6.63. The maximum atomic E-state index is 5.18. The lowest BCUT2D eigenvalue weighted by molar-refractivity contribution is 0.412. The summed E-state index contributed by atoms with van der Waals surface area (Å²) >= 11 is 0. The zero-order chi connectivity index (χ0) is 13.1. The Morgan fingerprint density at radius 1 is 1.26 bits per heavy atom. The Kier molecular flexibility index (Phi) is 3.47. The Labute approximate surface area is 113 Å². The van der Waals surface area contributed by atoms with Gasteiger partial charge in [0.2, 0.25) is 0 Å². The molecule has 1 unspecified atom stereocenters. The first-order chi connectivity index (χ1) is 9.36. The van der Waals surface area contributed by atoms with Gasteiger partial charge in [-0.25, -0.2) is 0 Å². The summed E-state index contributed by atoms with van der Waals surface area (Å²) in [5.41, 5.74) is 2.60. The van der Waals surface area contributed by atoms with Gasteiger partial charge in [0.25, 0.3) is 0 Å². The number of hydrogen-bond donors (Lipinski definition) is 1. The molecule has 3 nitrogen and oxygen atoms in total. The molecule has 1 aromatic carbocycles. The van der Waals surface area contributed by atoms with Crippen LogP contribution in [0.3, 0.4) is 0 Å². The Morgan fingerprint density at radius 2 is 2.11 bits per heavy atom. The predicted molar refractivity (Wildman–Crippen MR) is 75.2 cm³/mol. The molecule has 1 N–H and O–H groups in total. The van der Waals surface area contributed by atoms with Gasteiger partial charge in [0.1, 0.15) is 5.75 Å². The van der Waals surface area contributed by atoms with Gasteiger partial charge >= 0.3 is 0 Å². The predicted octanol–water partition coefficient (Wildman–Crippen LogP) is 2.74. The van der Waals surface area contributed by atoms with Crippen LogP contribution in [0.15, 0.2) is 48.8 Å². The molecule has 0 bridgehead atoms. The highest BCUT2D eigenvalue weighted by molar-refractivity contribution is 5.28. The fourth-order valence-corrected chi connectivity index (χ4v) is 2.41. The number of aromatic nitrogens is 1. The van der Waals surface area contributed by atoms with E-state index in [-0.39, 0.29) is 0 Å². The van der Waals surface area contributed by atoms with Crippen LogP contribution < -0.4 is 10.1 Å². The fraction of sp³-hybridized carbons (Fsp3) is 0.312. The molecule has 3 rings (SSSR count). The van der Waals surface area contributed by atoms with Crippen LogP contribution in [-0.4, -0.2) is 18.1 Å². The molecule has 1 heterocycles. The zero-order valence-electron chi connectivity index (χ0n) is 11.0. The molecule has 1 aliphatic carbocycles. The van der Waals surface area contributed by atoms with Crippen LogP contribution >= 0.6 is 0 Å². The Balaban J connectivity index is 1.54. The third kappa shape index (κ3) is 2.93. The van der Waals surface area contributed by atoms with Crippen LogP contribution in [0.25, 0.3) is 0 Å². The van der Waals surface area contributed by atoms with E-state index in [0.29, 0.717) is 12.0 Å². The number of pyridine rings is 1. The van der Waals surface area contributed by atoms with Gasteiger partial charge in [0.05, 0.1) is 13.3 Å². The number of nitrogens with one attached hydrogen (secondary N) is 1. The van der Waals surface area contributed by atoms with Gasteiger partial charge in [0, 0.05) is 24.7 Å². The summed E-state index contributed by atoms with van der Waals surface area (Å²) < 4.78 is 5.18. The van der Waals surface area contributed by atoms with E-state index >= 15 is 0 Å². The van der Waals surface area contributed by atoms with Crippen molar-refractivity contribution in [1.29, 1.82) is 0 Å². The highest BCUT2D eigenvalue weighted by atomic mass is 16.5. The van der Waals surface area contributed by atoms with Crippen molar-refractivity contribution in [2.24, 2.45) is 0 Å². The van der Waals surface area contributed by atoms with Crippen molar-refractivity contribution in [2.75, 3.05) is 7.11 Å². The molecule has 0 aliphatic heterocycles. The lowest BCUT2D eigenvalue weighted by Gasteiger charge is -2.06. The molecule has 2 atom stereocenters. The molecule has 0 radical (unpaired) electrons. The third-order valence-electron chi connectivity index (χ3n) is 3.59. The van der Waals surface area contributed by atoms with Crippen LogP contribution in [0.2, 0.25) is 0 Å². The van der Waals surface area contributed by atoms with Crippen molar-refractivity contribution in [3.05, 3.63) is 59.9 Å². The van der Waals surface area contributed by atoms with E-state index in [0.717, 1.165) is 17.9 Å². The smallest absolute Gasteiger partial charge is 0.137 e. The van der Waals surface area contributed by atoms with E-state index in [1.165, 1.54) is 12.0 Å². The quantitative estimate of drug-likeness (QED) is 0.891. The lowest BCUT2D eigenvalue weighted by atomic mass is 10.1. The van der Waals surface area contributed by atoms with E-state index in [2.05, 4.69) is 40.6 Å². The molecule has 0 spiro atoms. The number of ether oxygens (including phenoxy) is 1. The van der Waals surface area contributed by atoms with Crippen molar-refractivity contribution < 1.29 is 4.74 Å². The van der Waals surface area contributed by atoms with Gasteiger partial charge in [-0.3, -0.25) is 4.98 Å². The van der Waals surface area contributed by atoms with Gasteiger partial charge in [-0.05, 0) is 23.6 Å². The highest BCUT2D eigenvalue weighted by Gasteiger charge is 2.37. The Morgan fingerprint density at radius 3 is 2.89 bits per heavy atom. The molecule has 0 amide bonds. The molecular formula is C16H18N2O. The summed E-state index contributed by atoms with van der Waals surface area (Å²) in [6, 6.07) is 13.3. The molecule has 1 fully saturated rings. The van der Waals surface area contributed by atoms with Crippen molar-refractivity contribution in [1.82, 2.24) is 10.3 Å². The average Bonchev–Trinajstić information content (AvgIpc) is 3.26. The minimum atomic E-state index is 0.591. The summed E-state index contributed by atoms with van der Waals surface area (Å²) in [7, 11) is 1.67. The first kappa shape index (κ1) is 12.2. The molecule has 2 aromatic rings. The molecular weight excluding hydrogens is 236 g/mol. The summed E-state index contributed by atoms with van der Waals surface area (Å²) in [6.07, 6.45) is 4.84. The fourth-order valence-electron chi connectivity index (χ4n) is 2.41. The van der Waals surface area contributed by atoms with Gasteiger partial charge < -0.3 is 10.1 Å². The second-order valence-electron chi connectivity index (χ2n) is 4.97. The minimum absolute atomic E-state index is 0.591. The normalized spacial score (nSPS) is 21.1. The second-order valence-corrected chi connectivity index (χ2v) is 4.97. The number of benzene rings is 1. The minimum Gasteiger partial charge on any atom is -0.495 e. The lowest BCUT2D eigenvalue weighted by Crippen LogP contribution is -2.17. The zero-order valence-corrected chi connectivity index (χ0v) is 11.0. The van der Waals surface area contributed by atoms with Crippen molar-refractivity contribution in [3.63, 3.8) is 0 Å². The molecule has 3 heteroatoms. The van der Waals surface area contributed by atoms with Crippen LogP contribution in [-0.2, 0) is 6.54 Å². The Bertz CT molecular complexity index is 541. The summed E-state index contributed by atoms with van der Waals surface area (Å²) in [5.74, 6) is 1.48. The van der Waals surface area contributed by atoms with Gasteiger partial charge in [-0.1, -0.05) is 30.3 Å². The van der Waals surface area contributed by atoms with E-state index in [1.807, 2.05) is 12.3 Å². The summed E-state index contributed by atoms with van der Waals surface area (Å²) in [5, 5.41) is 3.58. The second kappa shape index (κ2) is 5.41. The van der Waals surface area contributed by atoms with Crippen molar-refractivity contribution >= 4 is 0 Å². The summed E-state index contributed by atoms with van der Waals surface area (Å²) in [6.45, 7) is 0.845. The van der Waals surface area contributed by atoms with E-state index < -0.39 is 0 Å². The van der Waals surface area contributed by atoms with Crippen LogP contribution in [0.5, 0.6) is 5.75 Å². The van der Waals surface area contributed by atoms with Gasteiger partial charge in [0.15, 0.2) is 0 Å². The number of hydrogen-bond acceptors (Lipinski definition) is 3. The van der Waals surface area contributed by atoms with Crippen molar-refractivity contribution in [3.8, 4) is 5.75 Å². The van der Waals surface area contributed by atoms with E-state index in [1.54, 1.807) is 13.3 Å². The maximum Gasteiger partial charge on any atom is 0.137 e. The molecule has 19 heavy (non-hydrogen) atoms. The number of nitrogens with zero attached hydrogens (tertiary/aromatic N) is 1. The SMILES string of the molecule is COc1cncc(CN[C@H]2CC2c2ccccc2)c1. The average molecular weight is 254 g/mol. The Hall–Kier alpha value is -1.87. The highest BCUT2D eigenvalue weighted by Crippen LogP contribution is 2.40. The van der Waals surface area contributed by atoms with Crippen molar-refractivity contribution in [2.45, 2.75) is 24.9 Å². The molecule has 1 aromatic heterocycles. The molecule has 1 saturated carbocycles. The van der Waals surface area contributed by atoms with E-state index in [9.17, 15) is 0 Å². The monoisotopic (exact) mass is 254 g/mol. The topological polar surface area (TPSA) is 34.1 Å². The van der Waals surface area contributed by atoms with Gasteiger partial charge in [-0.2, -0.15) is 0 Å². The number of methoxy groups -OCH3 is 1. The standard InChI is InChI=1S/C16H18N2O/c1-19-14-7-12(9-17-11-14)10-18-16-8-15(16)13-5-3-2-4-6-13/h2-7,9,11,15-16,18H,8,10H2,1H3/t15?,16-/m0/s1. The maximum absolute atomic E-state index is 5.18. The molecule has 1 aliphatic rings. The molecule has 0 saturated heterocycles. The largest absolute Gasteiger partial charge is 0.495 e. The van der Waals surface area contributed by atoms with Crippen LogP contribution in [0.1, 0.15) is 23.5 Å². The third-order valence-corrected chi connectivity index (χ3v) is 3.59. The van der Waals surface area contributed by atoms with Gasteiger partial charge in [-0.15, -0.1) is 0 Å². The number of rotatable bonds is 5. The van der Waals surface area contributed by atoms with Crippen LogP contribution in [0.4, 0.5) is 0 Å². The summed E-state index contributed by atoms with van der Waals surface area (Å²) in [4.78, 5) is 4.17. The first-order valence-electron chi connectivity index (χ1n) is 6.63. The van der Waals surface area contributed by atoms with Crippen LogP contribution in [0, 0.1) is 0 Å².